The maximum absolute atomic E-state index is 12.1. The lowest BCUT2D eigenvalue weighted by Gasteiger charge is -2.27. The van der Waals surface area contributed by atoms with Crippen LogP contribution in [0.3, 0.4) is 0 Å². The SMILES string of the molecule is CCc1ccc(-c2nc(CC(=O)NCCCN3CCNCC3)cs2)cc1. The molecule has 1 fully saturated rings. The summed E-state index contributed by atoms with van der Waals surface area (Å²) in [5.74, 6) is 0.0588. The smallest absolute Gasteiger partial charge is 0.226 e. The molecule has 1 aliphatic rings. The van der Waals surface area contributed by atoms with Crippen LogP contribution in [0.25, 0.3) is 10.6 Å². The number of carbonyl (C=O) groups excluding carboxylic acids is 1. The summed E-state index contributed by atoms with van der Waals surface area (Å²) in [5, 5.41) is 9.34. The standard InChI is InChI=1S/C20H28N4OS/c1-2-16-4-6-17(7-5-16)20-23-18(15-26-20)14-19(25)22-8-3-11-24-12-9-21-10-13-24/h4-7,15,21H,2-3,8-14H2,1H3,(H,22,25). The third kappa shape index (κ3) is 5.62. The molecule has 140 valence electrons. The number of amides is 1. The first kappa shape index (κ1) is 19.0. The van der Waals surface area contributed by atoms with Gasteiger partial charge in [0.1, 0.15) is 5.01 Å². The molecule has 1 aromatic heterocycles. The van der Waals surface area contributed by atoms with Gasteiger partial charge in [-0.1, -0.05) is 31.2 Å². The molecule has 0 aliphatic carbocycles. The number of aromatic nitrogens is 1. The normalized spacial score (nSPS) is 15.1. The zero-order chi connectivity index (χ0) is 18.2. The van der Waals surface area contributed by atoms with E-state index in [2.05, 4.69) is 51.7 Å². The van der Waals surface area contributed by atoms with Gasteiger partial charge in [-0.2, -0.15) is 0 Å². The van der Waals surface area contributed by atoms with Crippen LogP contribution in [-0.2, 0) is 17.6 Å². The number of rotatable bonds is 8. The summed E-state index contributed by atoms with van der Waals surface area (Å²) in [6.07, 6.45) is 2.40. The van der Waals surface area contributed by atoms with Crippen LogP contribution in [0.2, 0.25) is 0 Å². The Morgan fingerprint density at radius 1 is 1.27 bits per heavy atom. The largest absolute Gasteiger partial charge is 0.356 e. The highest BCUT2D eigenvalue weighted by Gasteiger charge is 2.11. The van der Waals surface area contributed by atoms with Crippen molar-refractivity contribution in [3.63, 3.8) is 0 Å². The van der Waals surface area contributed by atoms with Gasteiger partial charge in [-0.25, -0.2) is 4.98 Å². The lowest BCUT2D eigenvalue weighted by Crippen LogP contribution is -2.44. The van der Waals surface area contributed by atoms with Crippen molar-refractivity contribution in [2.24, 2.45) is 0 Å². The van der Waals surface area contributed by atoms with Gasteiger partial charge in [0.15, 0.2) is 0 Å². The van der Waals surface area contributed by atoms with Crippen LogP contribution < -0.4 is 10.6 Å². The highest BCUT2D eigenvalue weighted by Crippen LogP contribution is 2.24. The fourth-order valence-electron chi connectivity index (χ4n) is 3.10. The van der Waals surface area contributed by atoms with Crippen molar-refractivity contribution >= 4 is 17.2 Å². The molecule has 2 aromatic rings. The van der Waals surface area contributed by atoms with Gasteiger partial charge in [-0.3, -0.25) is 4.79 Å². The Labute approximate surface area is 159 Å². The van der Waals surface area contributed by atoms with Crippen LogP contribution in [0.5, 0.6) is 0 Å². The van der Waals surface area contributed by atoms with Crippen molar-refractivity contribution in [1.82, 2.24) is 20.5 Å². The zero-order valence-corrected chi connectivity index (χ0v) is 16.3. The van der Waals surface area contributed by atoms with Gasteiger partial charge in [0.2, 0.25) is 5.91 Å². The number of thiazole rings is 1. The molecule has 3 rings (SSSR count). The molecule has 1 aliphatic heterocycles. The van der Waals surface area contributed by atoms with Crippen molar-refractivity contribution < 1.29 is 4.79 Å². The number of nitrogens with zero attached hydrogens (tertiary/aromatic N) is 2. The molecule has 1 aromatic carbocycles. The number of nitrogens with one attached hydrogen (secondary N) is 2. The molecule has 1 amide bonds. The van der Waals surface area contributed by atoms with Crippen LogP contribution in [0.1, 0.15) is 24.6 Å². The lowest BCUT2D eigenvalue weighted by molar-refractivity contribution is -0.120. The first-order chi connectivity index (χ1) is 12.7. The molecule has 5 nitrogen and oxygen atoms in total. The van der Waals surface area contributed by atoms with E-state index >= 15 is 0 Å². The molecular weight excluding hydrogens is 344 g/mol. The molecule has 0 radical (unpaired) electrons. The molecule has 0 atom stereocenters. The summed E-state index contributed by atoms with van der Waals surface area (Å²) in [6, 6.07) is 8.50. The van der Waals surface area contributed by atoms with Crippen molar-refractivity contribution in [3.05, 3.63) is 40.9 Å². The van der Waals surface area contributed by atoms with Crippen molar-refractivity contribution in [2.45, 2.75) is 26.2 Å². The van der Waals surface area contributed by atoms with E-state index in [-0.39, 0.29) is 5.91 Å². The van der Waals surface area contributed by atoms with Crippen LogP contribution in [0.15, 0.2) is 29.6 Å². The number of piperazine rings is 1. The van der Waals surface area contributed by atoms with E-state index in [0.29, 0.717) is 6.42 Å². The first-order valence-electron chi connectivity index (χ1n) is 9.48. The number of aryl methyl sites for hydroxylation is 1. The third-order valence-electron chi connectivity index (χ3n) is 4.69. The van der Waals surface area contributed by atoms with E-state index in [1.807, 2.05) is 5.38 Å². The Bertz CT molecular complexity index is 692. The summed E-state index contributed by atoms with van der Waals surface area (Å²) in [7, 11) is 0. The second kappa shape index (κ2) is 9.80. The first-order valence-corrected chi connectivity index (χ1v) is 10.4. The van der Waals surface area contributed by atoms with Crippen molar-refractivity contribution in [2.75, 3.05) is 39.3 Å². The fraction of sp³-hybridized carbons (Fsp3) is 0.500. The average molecular weight is 373 g/mol. The Morgan fingerprint density at radius 2 is 2.04 bits per heavy atom. The summed E-state index contributed by atoms with van der Waals surface area (Å²) in [6.45, 7) is 8.29. The maximum Gasteiger partial charge on any atom is 0.226 e. The molecular formula is C20H28N4OS. The quantitative estimate of drug-likeness (QED) is 0.699. The molecule has 0 saturated carbocycles. The predicted octanol–water partition coefficient (Wildman–Crippen LogP) is 2.33. The van der Waals surface area contributed by atoms with Gasteiger partial charge in [0.05, 0.1) is 12.1 Å². The number of carbonyl (C=O) groups is 1. The van der Waals surface area contributed by atoms with Gasteiger partial charge in [-0.15, -0.1) is 11.3 Å². The third-order valence-corrected chi connectivity index (χ3v) is 5.63. The Kier molecular flexibility index (Phi) is 7.17. The number of benzene rings is 1. The minimum atomic E-state index is 0.0588. The summed E-state index contributed by atoms with van der Waals surface area (Å²) in [4.78, 5) is 19.2. The highest BCUT2D eigenvalue weighted by atomic mass is 32.1. The highest BCUT2D eigenvalue weighted by molar-refractivity contribution is 7.13. The summed E-state index contributed by atoms with van der Waals surface area (Å²) in [5.41, 5.74) is 3.30. The van der Waals surface area contributed by atoms with Crippen LogP contribution in [0.4, 0.5) is 0 Å². The molecule has 26 heavy (non-hydrogen) atoms. The van der Waals surface area contributed by atoms with E-state index in [1.165, 1.54) is 5.56 Å². The number of hydrogen-bond acceptors (Lipinski definition) is 5. The molecule has 6 heteroatoms. The second-order valence-corrected chi connectivity index (χ2v) is 7.52. The van der Waals surface area contributed by atoms with Crippen molar-refractivity contribution in [1.29, 1.82) is 0 Å². The van der Waals surface area contributed by atoms with Gasteiger partial charge >= 0.3 is 0 Å². The van der Waals surface area contributed by atoms with Crippen LogP contribution in [-0.4, -0.2) is 55.1 Å². The van der Waals surface area contributed by atoms with Crippen LogP contribution >= 0.6 is 11.3 Å². The minimum absolute atomic E-state index is 0.0588. The minimum Gasteiger partial charge on any atom is -0.356 e. The molecule has 0 spiro atoms. The van der Waals surface area contributed by atoms with E-state index < -0.39 is 0 Å². The van der Waals surface area contributed by atoms with E-state index in [9.17, 15) is 4.79 Å². The Morgan fingerprint density at radius 3 is 2.77 bits per heavy atom. The van der Waals surface area contributed by atoms with E-state index in [1.54, 1.807) is 11.3 Å². The average Bonchev–Trinajstić information content (AvgIpc) is 3.14. The summed E-state index contributed by atoms with van der Waals surface area (Å²) < 4.78 is 0. The van der Waals surface area contributed by atoms with E-state index in [0.717, 1.165) is 68.4 Å². The van der Waals surface area contributed by atoms with Crippen LogP contribution in [0, 0.1) is 0 Å². The predicted molar refractivity (Wildman–Crippen MR) is 108 cm³/mol. The van der Waals surface area contributed by atoms with Gasteiger partial charge in [0.25, 0.3) is 0 Å². The van der Waals surface area contributed by atoms with E-state index in [4.69, 9.17) is 0 Å². The summed E-state index contributed by atoms with van der Waals surface area (Å²) >= 11 is 1.60. The molecule has 0 unspecified atom stereocenters. The molecule has 2 heterocycles. The maximum atomic E-state index is 12.1. The zero-order valence-electron chi connectivity index (χ0n) is 15.5. The van der Waals surface area contributed by atoms with Crippen molar-refractivity contribution in [3.8, 4) is 10.6 Å². The molecule has 2 N–H and O–H groups in total. The second-order valence-electron chi connectivity index (χ2n) is 6.67. The number of hydrogen-bond donors (Lipinski definition) is 2. The Hall–Kier alpha value is -1.76. The molecule has 0 bridgehead atoms. The molecule has 1 saturated heterocycles. The lowest BCUT2D eigenvalue weighted by atomic mass is 10.1. The van der Waals surface area contributed by atoms with Gasteiger partial charge in [0, 0.05) is 43.7 Å². The topological polar surface area (TPSA) is 57.3 Å². The fourth-order valence-corrected chi connectivity index (χ4v) is 3.92. The monoisotopic (exact) mass is 372 g/mol. The van der Waals surface area contributed by atoms with Gasteiger partial charge < -0.3 is 15.5 Å². The van der Waals surface area contributed by atoms with Gasteiger partial charge in [-0.05, 0) is 24.9 Å². The Balaban J connectivity index is 1.40.